The Morgan fingerprint density at radius 3 is 2.47 bits per heavy atom. The van der Waals surface area contributed by atoms with Gasteiger partial charge in [0.25, 0.3) is 0 Å². The first kappa shape index (κ1) is 13.5. The van der Waals surface area contributed by atoms with Crippen molar-refractivity contribution >= 4 is 28.1 Å². The summed E-state index contributed by atoms with van der Waals surface area (Å²) in [6, 6.07) is 4.01. The van der Waals surface area contributed by atoms with Gasteiger partial charge in [-0.15, -0.1) is 5.10 Å². The fourth-order valence-corrected chi connectivity index (χ4v) is 1.71. The number of nitrogens with two attached hydrogens (primary N) is 2. The van der Waals surface area contributed by atoms with Gasteiger partial charge in [0.15, 0.2) is 0 Å². The normalized spacial score (nSPS) is 11.8. The van der Waals surface area contributed by atoms with E-state index in [1.165, 1.54) is 18.2 Å². The number of benzene rings is 1. The van der Waals surface area contributed by atoms with Gasteiger partial charge in [0.05, 0.1) is 11.8 Å². The minimum atomic E-state index is -4.49. The fraction of sp³-hybridized carbons (Fsp3) is 0.111. The molecule has 1 rings (SSSR count). The van der Waals surface area contributed by atoms with Gasteiger partial charge < -0.3 is 11.5 Å². The molecule has 0 saturated carbocycles. The molecule has 4 N–H and O–H groups in total. The lowest BCUT2D eigenvalue weighted by Crippen LogP contribution is -2.21. The van der Waals surface area contributed by atoms with E-state index in [0.717, 1.165) is 6.21 Å². The molecule has 0 radical (unpaired) electrons. The van der Waals surface area contributed by atoms with Crippen molar-refractivity contribution in [1.82, 2.24) is 0 Å². The van der Waals surface area contributed by atoms with Gasteiger partial charge in [-0.05, 0) is 6.07 Å². The molecule has 0 heterocycles. The molecule has 1 aromatic carbocycles. The summed E-state index contributed by atoms with van der Waals surface area (Å²) in [7, 11) is 0. The Bertz CT molecular complexity index is 464. The van der Waals surface area contributed by atoms with Crippen molar-refractivity contribution in [1.29, 1.82) is 0 Å². The summed E-state index contributed by atoms with van der Waals surface area (Å²) < 4.78 is 38.1. The highest BCUT2D eigenvalue weighted by molar-refractivity contribution is 9.10. The molecule has 0 spiro atoms. The lowest BCUT2D eigenvalue weighted by atomic mass is 10.1. The average molecular weight is 309 g/mol. The predicted molar refractivity (Wildman–Crippen MR) is 62.5 cm³/mol. The highest BCUT2D eigenvalue weighted by Crippen LogP contribution is 2.36. The van der Waals surface area contributed by atoms with E-state index in [0.29, 0.717) is 0 Å². The van der Waals surface area contributed by atoms with Gasteiger partial charge in [-0.25, -0.2) is 0 Å². The Labute approximate surface area is 103 Å². The van der Waals surface area contributed by atoms with E-state index in [-0.39, 0.29) is 16.0 Å². The zero-order chi connectivity index (χ0) is 13.1. The number of halogens is 4. The third-order valence-electron chi connectivity index (χ3n) is 1.70. The molecule has 0 fully saturated rings. The molecule has 0 amide bonds. The van der Waals surface area contributed by atoms with Crippen molar-refractivity contribution in [2.24, 2.45) is 21.7 Å². The van der Waals surface area contributed by atoms with Gasteiger partial charge in [-0.1, -0.05) is 28.1 Å². The smallest absolute Gasteiger partial charge is 0.369 e. The van der Waals surface area contributed by atoms with Gasteiger partial charge >= 0.3 is 6.18 Å². The van der Waals surface area contributed by atoms with Crippen LogP contribution in [0.5, 0.6) is 0 Å². The number of hydrogen-bond acceptors (Lipinski definition) is 2. The van der Waals surface area contributed by atoms with Gasteiger partial charge in [0, 0.05) is 10.0 Å². The largest absolute Gasteiger partial charge is 0.418 e. The summed E-state index contributed by atoms with van der Waals surface area (Å²) in [5.41, 5.74) is 9.03. The zero-order valence-electron chi connectivity index (χ0n) is 8.37. The van der Waals surface area contributed by atoms with E-state index in [1.54, 1.807) is 0 Å². The number of hydrogen-bond donors (Lipinski definition) is 2. The molecule has 1 aromatic rings. The number of guanidine groups is 1. The highest BCUT2D eigenvalue weighted by atomic mass is 79.9. The van der Waals surface area contributed by atoms with E-state index >= 15 is 0 Å². The Kier molecular flexibility index (Phi) is 4.11. The summed E-state index contributed by atoms with van der Waals surface area (Å²) in [6.45, 7) is 0. The lowest BCUT2D eigenvalue weighted by molar-refractivity contribution is -0.138. The van der Waals surface area contributed by atoms with Crippen molar-refractivity contribution in [2.45, 2.75) is 6.18 Å². The third kappa shape index (κ3) is 3.74. The van der Waals surface area contributed by atoms with Crippen LogP contribution in [0.1, 0.15) is 11.1 Å². The van der Waals surface area contributed by atoms with Crippen molar-refractivity contribution in [3.8, 4) is 0 Å². The van der Waals surface area contributed by atoms with Crippen LogP contribution in [0.25, 0.3) is 0 Å². The van der Waals surface area contributed by atoms with Crippen LogP contribution in [0.4, 0.5) is 13.2 Å². The molecular formula is C9H8BrF3N4. The molecule has 8 heteroatoms. The predicted octanol–water partition coefficient (Wildman–Crippen LogP) is 2.08. The van der Waals surface area contributed by atoms with Crippen molar-refractivity contribution in [3.63, 3.8) is 0 Å². The highest BCUT2D eigenvalue weighted by Gasteiger charge is 2.35. The average Bonchev–Trinajstić information content (AvgIpc) is 2.14. The maximum atomic E-state index is 12.7. The Morgan fingerprint density at radius 2 is 1.94 bits per heavy atom. The second-order valence-electron chi connectivity index (χ2n) is 2.97. The van der Waals surface area contributed by atoms with Crippen LogP contribution in [0, 0.1) is 0 Å². The Hall–Kier alpha value is -1.57. The number of alkyl halides is 3. The van der Waals surface area contributed by atoms with E-state index in [1.807, 2.05) is 0 Å². The summed E-state index contributed by atoms with van der Waals surface area (Å²) in [5.74, 6) is -0.329. The SMILES string of the molecule is NC(N)=NN=Cc1cccc(Br)c1C(F)(F)F. The first-order valence-electron chi connectivity index (χ1n) is 4.30. The molecule has 0 bridgehead atoms. The first-order valence-corrected chi connectivity index (χ1v) is 5.09. The van der Waals surface area contributed by atoms with E-state index in [2.05, 4.69) is 26.1 Å². The van der Waals surface area contributed by atoms with Crippen molar-refractivity contribution in [3.05, 3.63) is 33.8 Å². The minimum Gasteiger partial charge on any atom is -0.369 e. The molecule has 4 nitrogen and oxygen atoms in total. The molecule has 92 valence electrons. The second-order valence-corrected chi connectivity index (χ2v) is 3.83. The monoisotopic (exact) mass is 308 g/mol. The van der Waals surface area contributed by atoms with Crippen LogP contribution in [0.2, 0.25) is 0 Å². The second kappa shape index (κ2) is 5.17. The van der Waals surface area contributed by atoms with E-state index in [4.69, 9.17) is 11.5 Å². The summed E-state index contributed by atoms with van der Waals surface area (Å²) in [5, 5.41) is 6.58. The van der Waals surface area contributed by atoms with Crippen LogP contribution >= 0.6 is 15.9 Å². The maximum absolute atomic E-state index is 12.7. The molecular weight excluding hydrogens is 301 g/mol. The standard InChI is InChI=1S/C9H8BrF3N4/c10-6-3-1-2-5(4-16-17-8(14)15)7(6)9(11,12)13/h1-4H,(H4,14,15,17). The summed E-state index contributed by atoms with van der Waals surface area (Å²) in [4.78, 5) is 0. The molecule has 0 aromatic heterocycles. The molecule has 0 aliphatic rings. The third-order valence-corrected chi connectivity index (χ3v) is 2.36. The summed E-state index contributed by atoms with van der Waals surface area (Å²) >= 11 is 2.84. The van der Waals surface area contributed by atoms with Gasteiger partial charge in [0.1, 0.15) is 0 Å². The fourth-order valence-electron chi connectivity index (χ4n) is 1.11. The first-order chi connectivity index (χ1) is 7.82. The molecule has 17 heavy (non-hydrogen) atoms. The summed E-state index contributed by atoms with van der Waals surface area (Å²) in [6.07, 6.45) is -3.55. The minimum absolute atomic E-state index is 0.0707. The molecule has 0 atom stereocenters. The Morgan fingerprint density at radius 1 is 1.29 bits per heavy atom. The van der Waals surface area contributed by atoms with E-state index in [9.17, 15) is 13.2 Å². The Balaban J connectivity index is 3.21. The van der Waals surface area contributed by atoms with Gasteiger partial charge in [-0.2, -0.15) is 18.3 Å². The van der Waals surface area contributed by atoms with Crippen LogP contribution < -0.4 is 11.5 Å². The maximum Gasteiger partial charge on any atom is 0.418 e. The number of rotatable bonds is 2. The van der Waals surface area contributed by atoms with Crippen molar-refractivity contribution in [2.75, 3.05) is 0 Å². The topological polar surface area (TPSA) is 76.8 Å². The van der Waals surface area contributed by atoms with Crippen LogP contribution in [-0.2, 0) is 6.18 Å². The van der Waals surface area contributed by atoms with Crippen LogP contribution in [0.15, 0.2) is 32.9 Å². The van der Waals surface area contributed by atoms with Crippen molar-refractivity contribution < 1.29 is 13.2 Å². The van der Waals surface area contributed by atoms with Gasteiger partial charge in [-0.3, -0.25) is 0 Å². The van der Waals surface area contributed by atoms with E-state index < -0.39 is 11.7 Å². The molecule has 0 unspecified atom stereocenters. The quantitative estimate of drug-likeness (QED) is 0.498. The zero-order valence-corrected chi connectivity index (χ0v) is 9.96. The molecule has 0 aliphatic heterocycles. The van der Waals surface area contributed by atoms with Gasteiger partial charge in [0.2, 0.25) is 5.96 Å². The lowest BCUT2D eigenvalue weighted by Gasteiger charge is -2.11. The van der Waals surface area contributed by atoms with Crippen LogP contribution in [-0.4, -0.2) is 12.2 Å². The van der Waals surface area contributed by atoms with Crippen LogP contribution in [0.3, 0.4) is 0 Å². The molecule has 0 saturated heterocycles. The molecule has 0 aliphatic carbocycles. The number of nitrogens with zero attached hydrogens (tertiary/aromatic N) is 2.